The van der Waals surface area contributed by atoms with Gasteiger partial charge in [0, 0.05) is 35.8 Å². The summed E-state index contributed by atoms with van der Waals surface area (Å²) in [6.45, 7) is -0.0255. The number of rotatable bonds is 8. The average molecular weight is 428 g/mol. The Morgan fingerprint density at radius 3 is 2.59 bits per heavy atom. The molecule has 0 aliphatic carbocycles. The molecule has 0 saturated heterocycles. The minimum Gasteiger partial charge on any atom is -0.484 e. The fourth-order valence-corrected chi connectivity index (χ4v) is 3.96. The van der Waals surface area contributed by atoms with Gasteiger partial charge in [0.2, 0.25) is 0 Å². The molecule has 0 spiro atoms. The zero-order valence-corrected chi connectivity index (χ0v) is 17.8. The Balaban J connectivity index is 1.60. The number of thiazole rings is 1. The first-order valence-electron chi connectivity index (χ1n) is 8.86. The van der Waals surface area contributed by atoms with E-state index in [0.717, 1.165) is 10.6 Å². The SMILES string of the molecule is CN(C)C(=O)COc1ccc(NC(=O)c2ccccc2SCc2cscn2)cc1. The second-order valence-corrected chi connectivity index (χ2v) is 8.06. The van der Waals surface area contributed by atoms with Gasteiger partial charge in [-0.05, 0) is 36.4 Å². The molecule has 0 saturated carbocycles. The largest absolute Gasteiger partial charge is 0.484 e. The summed E-state index contributed by atoms with van der Waals surface area (Å²) >= 11 is 3.14. The Bertz CT molecular complexity index is 958. The molecular weight excluding hydrogens is 406 g/mol. The first-order valence-corrected chi connectivity index (χ1v) is 10.8. The van der Waals surface area contributed by atoms with Crippen LogP contribution in [-0.2, 0) is 10.5 Å². The summed E-state index contributed by atoms with van der Waals surface area (Å²) in [6.07, 6.45) is 0. The second-order valence-electron chi connectivity index (χ2n) is 6.32. The fourth-order valence-electron chi connectivity index (χ4n) is 2.35. The van der Waals surface area contributed by atoms with Crippen molar-refractivity contribution in [3.05, 3.63) is 70.7 Å². The van der Waals surface area contributed by atoms with E-state index < -0.39 is 0 Å². The summed E-state index contributed by atoms with van der Waals surface area (Å²) in [5.74, 6) is 0.986. The number of hydrogen-bond donors (Lipinski definition) is 1. The summed E-state index contributed by atoms with van der Waals surface area (Å²) < 4.78 is 5.45. The first kappa shape index (κ1) is 20.9. The number of hydrogen-bond acceptors (Lipinski definition) is 6. The van der Waals surface area contributed by atoms with Crippen LogP contribution in [0.2, 0.25) is 0 Å². The second kappa shape index (κ2) is 10.1. The lowest BCUT2D eigenvalue weighted by Gasteiger charge is -2.12. The lowest BCUT2D eigenvalue weighted by Crippen LogP contribution is -2.27. The van der Waals surface area contributed by atoms with Gasteiger partial charge >= 0.3 is 0 Å². The maximum Gasteiger partial charge on any atom is 0.259 e. The smallest absolute Gasteiger partial charge is 0.259 e. The molecule has 1 heterocycles. The third-order valence-corrected chi connectivity index (χ3v) is 5.71. The normalized spacial score (nSPS) is 10.4. The highest BCUT2D eigenvalue weighted by molar-refractivity contribution is 7.98. The lowest BCUT2D eigenvalue weighted by molar-refractivity contribution is -0.130. The van der Waals surface area contributed by atoms with Crippen molar-refractivity contribution in [2.24, 2.45) is 0 Å². The highest BCUT2D eigenvalue weighted by Gasteiger charge is 2.12. The van der Waals surface area contributed by atoms with Crippen molar-refractivity contribution in [1.82, 2.24) is 9.88 Å². The fraction of sp³-hybridized carbons (Fsp3) is 0.190. The number of benzene rings is 2. The van der Waals surface area contributed by atoms with Crippen LogP contribution in [0.1, 0.15) is 16.1 Å². The molecule has 3 rings (SSSR count). The third-order valence-electron chi connectivity index (χ3n) is 3.96. The molecule has 0 aliphatic rings. The van der Waals surface area contributed by atoms with Gasteiger partial charge in [0.1, 0.15) is 5.75 Å². The van der Waals surface area contributed by atoms with Crippen molar-refractivity contribution < 1.29 is 14.3 Å². The quantitative estimate of drug-likeness (QED) is 0.547. The van der Waals surface area contributed by atoms with Crippen LogP contribution in [0, 0.1) is 0 Å². The van der Waals surface area contributed by atoms with Crippen LogP contribution in [0.3, 0.4) is 0 Å². The van der Waals surface area contributed by atoms with E-state index >= 15 is 0 Å². The Hall–Kier alpha value is -2.84. The molecule has 3 aromatic rings. The summed E-state index contributed by atoms with van der Waals surface area (Å²) in [6, 6.07) is 14.5. The number of carbonyl (C=O) groups is 2. The van der Waals surface area contributed by atoms with Gasteiger partial charge in [-0.25, -0.2) is 4.98 Å². The molecule has 0 radical (unpaired) electrons. The number of carbonyl (C=O) groups excluding carboxylic acids is 2. The summed E-state index contributed by atoms with van der Waals surface area (Å²) in [5, 5.41) is 4.91. The summed E-state index contributed by atoms with van der Waals surface area (Å²) in [7, 11) is 3.36. The molecule has 0 aliphatic heterocycles. The van der Waals surface area contributed by atoms with Crippen LogP contribution in [0.25, 0.3) is 0 Å². The van der Waals surface area contributed by atoms with Crippen LogP contribution in [0.4, 0.5) is 5.69 Å². The van der Waals surface area contributed by atoms with E-state index in [1.165, 1.54) is 4.90 Å². The monoisotopic (exact) mass is 427 g/mol. The Morgan fingerprint density at radius 2 is 1.90 bits per heavy atom. The van der Waals surface area contributed by atoms with Gasteiger partial charge < -0.3 is 15.0 Å². The van der Waals surface area contributed by atoms with Crippen LogP contribution in [0.15, 0.2) is 64.3 Å². The predicted molar refractivity (Wildman–Crippen MR) is 117 cm³/mol. The van der Waals surface area contributed by atoms with Gasteiger partial charge in [-0.2, -0.15) is 0 Å². The molecular formula is C21H21N3O3S2. The van der Waals surface area contributed by atoms with Gasteiger partial charge in [0.05, 0.1) is 16.8 Å². The van der Waals surface area contributed by atoms with Crippen molar-refractivity contribution in [3.63, 3.8) is 0 Å². The Morgan fingerprint density at radius 1 is 1.14 bits per heavy atom. The predicted octanol–water partition coefficient (Wildman–Crippen LogP) is 4.15. The number of amides is 2. The molecule has 0 atom stereocenters. The van der Waals surface area contributed by atoms with Gasteiger partial charge in [-0.15, -0.1) is 23.1 Å². The molecule has 0 unspecified atom stereocenters. The number of ether oxygens (including phenoxy) is 1. The highest BCUT2D eigenvalue weighted by Crippen LogP contribution is 2.27. The van der Waals surface area contributed by atoms with Crippen LogP contribution in [-0.4, -0.2) is 42.4 Å². The minimum atomic E-state index is -0.178. The number of thioether (sulfide) groups is 1. The zero-order valence-electron chi connectivity index (χ0n) is 16.1. The van der Waals surface area contributed by atoms with Crippen LogP contribution < -0.4 is 10.1 Å². The molecule has 1 N–H and O–H groups in total. The molecule has 0 fully saturated rings. The van der Waals surface area contributed by atoms with Gasteiger partial charge in [-0.3, -0.25) is 9.59 Å². The number of aromatic nitrogens is 1. The topological polar surface area (TPSA) is 71.5 Å². The zero-order chi connectivity index (χ0) is 20.6. The van der Waals surface area contributed by atoms with E-state index in [9.17, 15) is 9.59 Å². The molecule has 0 bridgehead atoms. The Labute approximate surface area is 177 Å². The average Bonchev–Trinajstić information content (AvgIpc) is 3.25. The van der Waals surface area contributed by atoms with Crippen molar-refractivity contribution in [1.29, 1.82) is 0 Å². The summed E-state index contributed by atoms with van der Waals surface area (Å²) in [5.41, 5.74) is 4.07. The number of likely N-dealkylation sites (N-methyl/N-ethyl adjacent to an activating group) is 1. The van der Waals surface area contributed by atoms with E-state index in [2.05, 4.69) is 10.3 Å². The molecule has 6 nitrogen and oxygen atoms in total. The summed E-state index contributed by atoms with van der Waals surface area (Å²) in [4.78, 5) is 31.0. The number of nitrogens with zero attached hydrogens (tertiary/aromatic N) is 2. The van der Waals surface area contributed by atoms with Gasteiger partial charge in [-0.1, -0.05) is 12.1 Å². The van der Waals surface area contributed by atoms with E-state index in [-0.39, 0.29) is 18.4 Å². The number of anilines is 1. The van der Waals surface area contributed by atoms with E-state index in [0.29, 0.717) is 22.8 Å². The standard InChI is InChI=1S/C21H21N3O3S2/c1-24(2)20(25)11-27-17-9-7-15(8-10-17)23-21(26)18-5-3-4-6-19(18)29-13-16-12-28-14-22-16/h3-10,12,14H,11,13H2,1-2H3,(H,23,26). The molecule has 150 valence electrons. The van der Waals surface area contributed by atoms with E-state index in [1.807, 2.05) is 29.6 Å². The van der Waals surface area contributed by atoms with Crippen molar-refractivity contribution >= 4 is 40.6 Å². The van der Waals surface area contributed by atoms with Crippen molar-refractivity contribution in [2.45, 2.75) is 10.6 Å². The van der Waals surface area contributed by atoms with Gasteiger partial charge in [0.25, 0.3) is 11.8 Å². The third kappa shape index (κ3) is 6.07. The van der Waals surface area contributed by atoms with Crippen LogP contribution in [0.5, 0.6) is 5.75 Å². The van der Waals surface area contributed by atoms with E-state index in [4.69, 9.17) is 4.74 Å². The highest BCUT2D eigenvalue weighted by atomic mass is 32.2. The maximum absolute atomic E-state index is 12.8. The van der Waals surface area contributed by atoms with Crippen LogP contribution >= 0.6 is 23.1 Å². The number of nitrogens with one attached hydrogen (secondary N) is 1. The molecule has 1 aromatic heterocycles. The first-order chi connectivity index (χ1) is 14.0. The van der Waals surface area contributed by atoms with Gasteiger partial charge in [0.15, 0.2) is 6.61 Å². The molecule has 29 heavy (non-hydrogen) atoms. The Kier molecular flexibility index (Phi) is 7.26. The van der Waals surface area contributed by atoms with Crippen molar-refractivity contribution in [3.8, 4) is 5.75 Å². The molecule has 8 heteroatoms. The molecule has 2 amide bonds. The lowest BCUT2D eigenvalue weighted by atomic mass is 10.2. The van der Waals surface area contributed by atoms with Crippen molar-refractivity contribution in [2.75, 3.05) is 26.0 Å². The minimum absolute atomic E-state index is 0.0255. The molecule has 2 aromatic carbocycles. The van der Waals surface area contributed by atoms with E-state index in [1.54, 1.807) is 67.0 Å². The maximum atomic E-state index is 12.8.